The van der Waals surface area contributed by atoms with Crippen molar-refractivity contribution in [2.24, 2.45) is 5.92 Å². The lowest BCUT2D eigenvalue weighted by molar-refractivity contribution is -0.142. The molecule has 0 unspecified atom stereocenters. The zero-order valence-corrected chi connectivity index (χ0v) is 14.5. The van der Waals surface area contributed by atoms with Gasteiger partial charge in [0.2, 0.25) is 5.91 Å². The van der Waals surface area contributed by atoms with Crippen molar-refractivity contribution in [2.75, 3.05) is 6.54 Å². The van der Waals surface area contributed by atoms with E-state index >= 15 is 0 Å². The van der Waals surface area contributed by atoms with Crippen molar-refractivity contribution in [2.45, 2.75) is 26.3 Å². The summed E-state index contributed by atoms with van der Waals surface area (Å²) in [4.78, 5) is 39.2. The molecule has 0 fully saturated rings. The van der Waals surface area contributed by atoms with Crippen LogP contribution in [0.2, 0.25) is 0 Å². The van der Waals surface area contributed by atoms with E-state index in [2.05, 4.69) is 20.7 Å². The van der Waals surface area contributed by atoms with Gasteiger partial charge in [-0.3, -0.25) is 14.6 Å². The van der Waals surface area contributed by atoms with Crippen molar-refractivity contribution in [1.29, 1.82) is 0 Å². The van der Waals surface area contributed by atoms with Gasteiger partial charge in [-0.05, 0) is 30.5 Å². The first-order valence-electron chi connectivity index (χ1n) is 8.13. The predicted octanol–water partition coefficient (Wildman–Crippen LogP) is 0.613. The number of aromatic nitrogens is 3. The van der Waals surface area contributed by atoms with Gasteiger partial charge in [-0.1, -0.05) is 13.8 Å². The smallest absolute Gasteiger partial charge is 0.326 e. The predicted molar refractivity (Wildman–Crippen MR) is 92.7 cm³/mol. The zero-order valence-electron chi connectivity index (χ0n) is 14.5. The van der Waals surface area contributed by atoms with Gasteiger partial charge in [-0.15, -0.1) is 0 Å². The summed E-state index contributed by atoms with van der Waals surface area (Å²) in [6.45, 7) is 3.39. The highest BCUT2D eigenvalue weighted by molar-refractivity contribution is 5.95. The SMILES string of the molecule is CC(C)C[C@H](NC(=O)CNC(=O)c1cc(-n2cccn2)ccn1)C(=O)O. The molecule has 2 heterocycles. The number of pyridine rings is 1. The molecular formula is C17H21N5O4. The summed E-state index contributed by atoms with van der Waals surface area (Å²) in [6.07, 6.45) is 5.11. The molecule has 138 valence electrons. The van der Waals surface area contributed by atoms with E-state index in [1.165, 1.54) is 6.20 Å². The van der Waals surface area contributed by atoms with Gasteiger partial charge in [0, 0.05) is 18.6 Å². The van der Waals surface area contributed by atoms with Gasteiger partial charge >= 0.3 is 5.97 Å². The van der Waals surface area contributed by atoms with Crippen LogP contribution in [0.5, 0.6) is 0 Å². The maximum absolute atomic E-state index is 12.2. The average Bonchev–Trinajstić information content (AvgIpc) is 3.13. The van der Waals surface area contributed by atoms with Crippen molar-refractivity contribution in [3.05, 3.63) is 42.5 Å². The topological polar surface area (TPSA) is 126 Å². The Balaban J connectivity index is 1.93. The molecule has 0 bridgehead atoms. The van der Waals surface area contributed by atoms with Crippen molar-refractivity contribution < 1.29 is 19.5 Å². The molecule has 0 spiro atoms. The zero-order chi connectivity index (χ0) is 19.1. The fourth-order valence-electron chi connectivity index (χ4n) is 2.30. The monoisotopic (exact) mass is 359 g/mol. The van der Waals surface area contributed by atoms with Gasteiger partial charge in [0.1, 0.15) is 11.7 Å². The second-order valence-corrected chi connectivity index (χ2v) is 6.12. The highest BCUT2D eigenvalue weighted by atomic mass is 16.4. The quantitative estimate of drug-likeness (QED) is 0.634. The molecule has 3 N–H and O–H groups in total. The van der Waals surface area contributed by atoms with Crippen molar-refractivity contribution in [1.82, 2.24) is 25.4 Å². The summed E-state index contributed by atoms with van der Waals surface area (Å²) in [5, 5.41) is 18.0. The minimum absolute atomic E-state index is 0.111. The van der Waals surface area contributed by atoms with E-state index in [1.54, 1.807) is 35.3 Å². The van der Waals surface area contributed by atoms with E-state index < -0.39 is 23.8 Å². The number of carbonyl (C=O) groups excluding carboxylic acids is 2. The first-order chi connectivity index (χ1) is 12.4. The summed E-state index contributed by atoms with van der Waals surface area (Å²) >= 11 is 0. The number of rotatable bonds is 8. The van der Waals surface area contributed by atoms with Crippen LogP contribution in [0, 0.1) is 5.92 Å². The standard InChI is InChI=1S/C17H21N5O4/c1-11(2)8-14(17(25)26)21-15(23)10-19-16(24)13-9-12(4-6-18-13)22-7-3-5-20-22/h3-7,9,11,14H,8,10H2,1-2H3,(H,19,24)(H,21,23)(H,25,26)/t14-/m0/s1. The van der Waals surface area contributed by atoms with E-state index in [9.17, 15) is 14.4 Å². The van der Waals surface area contributed by atoms with Gasteiger partial charge in [-0.25, -0.2) is 9.48 Å². The van der Waals surface area contributed by atoms with Gasteiger partial charge in [0.25, 0.3) is 5.91 Å². The number of carbonyl (C=O) groups is 3. The molecule has 0 aromatic carbocycles. The molecule has 2 aromatic rings. The molecular weight excluding hydrogens is 338 g/mol. The summed E-state index contributed by atoms with van der Waals surface area (Å²) < 4.78 is 1.58. The van der Waals surface area contributed by atoms with E-state index in [4.69, 9.17) is 5.11 Å². The number of carboxylic acid groups (broad SMARTS) is 1. The number of hydrogen-bond acceptors (Lipinski definition) is 5. The van der Waals surface area contributed by atoms with Gasteiger partial charge in [-0.2, -0.15) is 5.10 Å². The minimum atomic E-state index is -1.10. The van der Waals surface area contributed by atoms with Crippen LogP contribution in [0.15, 0.2) is 36.8 Å². The number of nitrogens with zero attached hydrogens (tertiary/aromatic N) is 3. The normalized spacial score (nSPS) is 11.8. The molecule has 2 amide bonds. The largest absolute Gasteiger partial charge is 0.480 e. The molecule has 2 rings (SSSR count). The van der Waals surface area contributed by atoms with Gasteiger partial charge in [0.15, 0.2) is 0 Å². The molecule has 0 radical (unpaired) electrons. The summed E-state index contributed by atoms with van der Waals surface area (Å²) in [5.74, 6) is -2.10. The lowest BCUT2D eigenvalue weighted by Crippen LogP contribution is -2.46. The molecule has 9 nitrogen and oxygen atoms in total. The van der Waals surface area contributed by atoms with Crippen LogP contribution in [0.1, 0.15) is 30.8 Å². The number of carboxylic acids is 1. The van der Waals surface area contributed by atoms with Crippen LogP contribution >= 0.6 is 0 Å². The fourth-order valence-corrected chi connectivity index (χ4v) is 2.30. The summed E-state index contributed by atoms with van der Waals surface area (Å²) in [7, 11) is 0. The molecule has 1 atom stereocenters. The Labute approximate surface area is 150 Å². The Morgan fingerprint density at radius 3 is 2.65 bits per heavy atom. The third-order valence-electron chi connectivity index (χ3n) is 3.50. The number of nitrogens with one attached hydrogen (secondary N) is 2. The molecule has 0 saturated carbocycles. The molecule has 26 heavy (non-hydrogen) atoms. The third-order valence-corrected chi connectivity index (χ3v) is 3.50. The molecule has 0 aliphatic rings. The Bertz CT molecular complexity index is 773. The van der Waals surface area contributed by atoms with E-state index in [0.717, 1.165) is 0 Å². The molecule has 0 saturated heterocycles. The van der Waals surface area contributed by atoms with Crippen molar-refractivity contribution >= 4 is 17.8 Å². The van der Waals surface area contributed by atoms with Crippen LogP contribution < -0.4 is 10.6 Å². The Hall–Kier alpha value is -3.23. The van der Waals surface area contributed by atoms with E-state index in [1.807, 2.05) is 13.8 Å². The van der Waals surface area contributed by atoms with Gasteiger partial charge in [0.05, 0.1) is 12.2 Å². The van der Waals surface area contributed by atoms with Crippen LogP contribution in [-0.4, -0.2) is 50.2 Å². The maximum Gasteiger partial charge on any atom is 0.326 e. The fraction of sp³-hybridized carbons (Fsp3) is 0.353. The summed E-state index contributed by atoms with van der Waals surface area (Å²) in [5.41, 5.74) is 0.783. The van der Waals surface area contributed by atoms with Crippen molar-refractivity contribution in [3.63, 3.8) is 0 Å². The van der Waals surface area contributed by atoms with Crippen molar-refractivity contribution in [3.8, 4) is 5.69 Å². The Morgan fingerprint density at radius 1 is 1.27 bits per heavy atom. The summed E-state index contributed by atoms with van der Waals surface area (Å²) in [6, 6.07) is 4.00. The minimum Gasteiger partial charge on any atom is -0.480 e. The highest BCUT2D eigenvalue weighted by Crippen LogP contribution is 2.07. The number of aliphatic carboxylic acids is 1. The molecule has 9 heteroatoms. The van der Waals surface area contributed by atoms with Crippen LogP contribution in [0.3, 0.4) is 0 Å². The first-order valence-corrected chi connectivity index (χ1v) is 8.13. The highest BCUT2D eigenvalue weighted by Gasteiger charge is 2.21. The van der Waals surface area contributed by atoms with Gasteiger partial charge < -0.3 is 15.7 Å². The molecule has 0 aliphatic carbocycles. The van der Waals surface area contributed by atoms with Crippen LogP contribution in [-0.2, 0) is 9.59 Å². The third kappa shape index (κ3) is 5.40. The van der Waals surface area contributed by atoms with E-state index in [-0.39, 0.29) is 18.2 Å². The van der Waals surface area contributed by atoms with Crippen LogP contribution in [0.25, 0.3) is 5.69 Å². The second-order valence-electron chi connectivity index (χ2n) is 6.12. The van der Waals surface area contributed by atoms with Crippen LogP contribution in [0.4, 0.5) is 0 Å². The first kappa shape index (κ1) is 19.1. The lowest BCUT2D eigenvalue weighted by atomic mass is 10.0. The average molecular weight is 359 g/mol. The Morgan fingerprint density at radius 2 is 2.04 bits per heavy atom. The lowest BCUT2D eigenvalue weighted by Gasteiger charge is -2.16. The molecule has 0 aliphatic heterocycles. The maximum atomic E-state index is 12.2. The second kappa shape index (κ2) is 8.75. The molecule has 2 aromatic heterocycles. The van der Waals surface area contributed by atoms with E-state index in [0.29, 0.717) is 12.1 Å². The Kier molecular flexibility index (Phi) is 6.42. The number of amides is 2. The number of hydrogen-bond donors (Lipinski definition) is 3.